The van der Waals surface area contributed by atoms with E-state index < -0.39 is 0 Å². The van der Waals surface area contributed by atoms with E-state index >= 15 is 0 Å². The first-order valence-corrected chi connectivity index (χ1v) is 22.6. The van der Waals surface area contributed by atoms with Crippen LogP contribution in [0.3, 0.4) is 0 Å². The first kappa shape index (κ1) is 35.5. The Labute approximate surface area is 373 Å². The number of hydrogen-bond acceptors (Lipinski definition) is 3. The molecule has 0 unspecified atom stereocenters. The summed E-state index contributed by atoms with van der Waals surface area (Å²) in [6.45, 7) is 0. The Morgan fingerprint density at radius 3 is 1.67 bits per heavy atom. The van der Waals surface area contributed by atoms with E-state index in [-0.39, 0.29) is 0 Å². The van der Waals surface area contributed by atoms with Gasteiger partial charge in [0.1, 0.15) is 5.58 Å². The number of fused-ring (bicyclic) bond motifs is 14. The molecule has 0 saturated carbocycles. The standard InChI is InChI=1S/C60H36N2OS/c1-2-17-44-42(15-1)43-16-3-4-18-45(43)51-36-41(29-31-46(44)51)61-52-22-7-5-19-47(52)48-30-27-39(34-56(48)61)37-13-11-14-38(33-37)40-28-32-54-59(35-40)64-58-26-10-8-23-53(58)62(54)55-24-12-21-50-49-20-6-9-25-57(49)63-60(50)55/h1-36H. The predicted molar refractivity (Wildman–Crippen MR) is 270 cm³/mol. The Kier molecular flexibility index (Phi) is 7.62. The zero-order chi connectivity index (χ0) is 41.9. The van der Waals surface area contributed by atoms with E-state index in [1.807, 2.05) is 17.8 Å². The van der Waals surface area contributed by atoms with Crippen molar-refractivity contribution in [1.29, 1.82) is 0 Å². The summed E-state index contributed by atoms with van der Waals surface area (Å²) in [7, 11) is 0. The van der Waals surface area contributed by atoms with Crippen LogP contribution in [0.25, 0.3) is 104 Å². The number of hydrogen-bond donors (Lipinski definition) is 0. The molecule has 0 amide bonds. The molecular weight excluding hydrogens is 797 g/mol. The van der Waals surface area contributed by atoms with Gasteiger partial charge in [0.25, 0.3) is 0 Å². The molecule has 2 aromatic heterocycles. The molecule has 4 heteroatoms. The molecule has 0 fully saturated rings. The molecule has 0 radical (unpaired) electrons. The van der Waals surface area contributed by atoms with Gasteiger partial charge in [-0.3, -0.25) is 0 Å². The minimum atomic E-state index is 0.895. The van der Waals surface area contributed by atoms with Crippen LogP contribution < -0.4 is 4.90 Å². The van der Waals surface area contributed by atoms with Crippen molar-refractivity contribution in [2.24, 2.45) is 0 Å². The smallest absolute Gasteiger partial charge is 0.159 e. The highest BCUT2D eigenvalue weighted by Crippen LogP contribution is 2.54. The van der Waals surface area contributed by atoms with E-state index in [0.717, 1.165) is 44.7 Å². The van der Waals surface area contributed by atoms with Gasteiger partial charge < -0.3 is 13.9 Å². The summed E-state index contributed by atoms with van der Waals surface area (Å²) >= 11 is 1.83. The number of furan rings is 1. The van der Waals surface area contributed by atoms with Gasteiger partial charge in [-0.1, -0.05) is 163 Å². The Bertz CT molecular complexity index is 4050. The average Bonchev–Trinajstić information content (AvgIpc) is 3.91. The Hall–Kier alpha value is -8.05. The first-order chi connectivity index (χ1) is 31.7. The van der Waals surface area contributed by atoms with Crippen LogP contribution in [-0.4, -0.2) is 4.57 Å². The molecule has 0 N–H and O–H groups in total. The molecule has 0 aliphatic carbocycles. The quantitative estimate of drug-likeness (QED) is 0.165. The number of nitrogens with zero attached hydrogens (tertiary/aromatic N) is 2. The van der Waals surface area contributed by atoms with Gasteiger partial charge in [-0.25, -0.2) is 0 Å². The van der Waals surface area contributed by atoms with Crippen LogP contribution >= 0.6 is 11.8 Å². The zero-order valence-corrected chi connectivity index (χ0v) is 35.3. The van der Waals surface area contributed by atoms with E-state index in [9.17, 15) is 0 Å². The molecule has 14 rings (SSSR count). The van der Waals surface area contributed by atoms with E-state index in [1.165, 1.54) is 86.2 Å². The van der Waals surface area contributed by atoms with Crippen molar-refractivity contribution >= 4 is 105 Å². The fourth-order valence-electron chi connectivity index (χ4n) is 10.4. The third kappa shape index (κ3) is 5.24. The van der Waals surface area contributed by atoms with Crippen molar-refractivity contribution in [3.63, 3.8) is 0 Å². The van der Waals surface area contributed by atoms with E-state index in [2.05, 4.69) is 222 Å². The van der Waals surface area contributed by atoms with Crippen LogP contribution in [0.15, 0.2) is 233 Å². The van der Waals surface area contributed by atoms with Gasteiger partial charge >= 0.3 is 0 Å². The molecule has 298 valence electrons. The Morgan fingerprint density at radius 1 is 0.312 bits per heavy atom. The summed E-state index contributed by atoms with van der Waals surface area (Å²) in [4.78, 5) is 4.79. The lowest BCUT2D eigenvalue weighted by Crippen LogP contribution is -2.15. The summed E-state index contributed by atoms with van der Waals surface area (Å²) < 4.78 is 9.04. The number of rotatable bonds is 4. The van der Waals surface area contributed by atoms with Crippen LogP contribution in [0.4, 0.5) is 17.1 Å². The molecule has 64 heavy (non-hydrogen) atoms. The number of benzene rings is 11. The third-order valence-electron chi connectivity index (χ3n) is 13.3. The highest BCUT2D eigenvalue weighted by atomic mass is 32.2. The van der Waals surface area contributed by atoms with Crippen LogP contribution in [0.5, 0.6) is 0 Å². The largest absolute Gasteiger partial charge is 0.454 e. The van der Waals surface area contributed by atoms with Crippen LogP contribution in [-0.2, 0) is 0 Å². The Balaban J connectivity index is 0.890. The number of para-hydroxylation sites is 4. The minimum Gasteiger partial charge on any atom is -0.454 e. The molecule has 3 nitrogen and oxygen atoms in total. The van der Waals surface area contributed by atoms with Gasteiger partial charge in [-0.2, -0.15) is 0 Å². The monoisotopic (exact) mass is 832 g/mol. The fourth-order valence-corrected chi connectivity index (χ4v) is 11.5. The van der Waals surface area contributed by atoms with Crippen molar-refractivity contribution in [3.8, 4) is 27.9 Å². The molecule has 0 bridgehead atoms. The Morgan fingerprint density at radius 2 is 0.859 bits per heavy atom. The summed E-state index contributed by atoms with van der Waals surface area (Å²) in [5.74, 6) is 0. The summed E-state index contributed by atoms with van der Waals surface area (Å²) in [6.07, 6.45) is 0. The maximum Gasteiger partial charge on any atom is 0.159 e. The fraction of sp³-hybridized carbons (Fsp3) is 0. The third-order valence-corrected chi connectivity index (χ3v) is 14.5. The van der Waals surface area contributed by atoms with Crippen molar-refractivity contribution in [2.75, 3.05) is 4.90 Å². The van der Waals surface area contributed by atoms with E-state index in [1.54, 1.807) is 0 Å². The maximum atomic E-state index is 6.59. The molecular formula is C60H36N2OS. The predicted octanol–water partition coefficient (Wildman–Crippen LogP) is 17.4. The molecule has 3 heterocycles. The van der Waals surface area contributed by atoms with Gasteiger partial charge in [0.05, 0.1) is 28.1 Å². The average molecular weight is 833 g/mol. The normalized spacial score (nSPS) is 12.6. The van der Waals surface area contributed by atoms with Gasteiger partial charge in [0.2, 0.25) is 0 Å². The van der Waals surface area contributed by atoms with Crippen molar-refractivity contribution in [3.05, 3.63) is 218 Å². The topological polar surface area (TPSA) is 21.3 Å². The second-order valence-electron chi connectivity index (χ2n) is 16.8. The second kappa shape index (κ2) is 13.7. The van der Waals surface area contributed by atoms with Gasteiger partial charge in [-0.05, 0) is 121 Å². The summed E-state index contributed by atoms with van der Waals surface area (Å²) in [5, 5.41) is 12.4. The van der Waals surface area contributed by atoms with Crippen LogP contribution in [0.1, 0.15) is 0 Å². The van der Waals surface area contributed by atoms with Gasteiger partial charge in [0.15, 0.2) is 5.58 Å². The summed E-state index contributed by atoms with van der Waals surface area (Å²) in [5.41, 5.74) is 13.4. The van der Waals surface area contributed by atoms with Crippen molar-refractivity contribution in [2.45, 2.75) is 9.79 Å². The molecule has 0 saturated heterocycles. The molecule has 13 aromatic rings. The summed E-state index contributed by atoms with van der Waals surface area (Å²) in [6, 6.07) is 79.8. The lowest BCUT2D eigenvalue weighted by molar-refractivity contribution is 0.669. The molecule has 1 aliphatic heterocycles. The lowest BCUT2D eigenvalue weighted by Gasteiger charge is -2.33. The molecule has 1 aliphatic rings. The molecule has 11 aromatic carbocycles. The van der Waals surface area contributed by atoms with Gasteiger partial charge in [-0.15, -0.1) is 0 Å². The number of aromatic nitrogens is 1. The maximum absolute atomic E-state index is 6.59. The van der Waals surface area contributed by atoms with Crippen LogP contribution in [0.2, 0.25) is 0 Å². The van der Waals surface area contributed by atoms with E-state index in [4.69, 9.17) is 4.42 Å². The highest BCUT2D eigenvalue weighted by Gasteiger charge is 2.28. The molecule has 0 atom stereocenters. The van der Waals surface area contributed by atoms with Crippen LogP contribution in [0, 0.1) is 0 Å². The number of anilines is 3. The zero-order valence-electron chi connectivity index (χ0n) is 34.5. The molecule has 0 spiro atoms. The SMILES string of the molecule is c1cc(-c2ccc3c(c2)Sc2ccccc2N3c2cccc3c2oc2ccccc23)cc(-c2ccc3c4ccccc4n(-c4ccc5c6ccccc6c6ccccc6c5c4)c3c2)c1. The van der Waals surface area contributed by atoms with Crippen molar-refractivity contribution < 1.29 is 4.42 Å². The van der Waals surface area contributed by atoms with E-state index in [0.29, 0.717) is 0 Å². The minimum absolute atomic E-state index is 0.895. The lowest BCUT2D eigenvalue weighted by atomic mass is 9.94. The second-order valence-corrected chi connectivity index (χ2v) is 17.9. The first-order valence-electron chi connectivity index (χ1n) is 21.8. The highest BCUT2D eigenvalue weighted by molar-refractivity contribution is 7.99. The van der Waals surface area contributed by atoms with Gasteiger partial charge in [0, 0.05) is 37.0 Å². The van der Waals surface area contributed by atoms with Crippen molar-refractivity contribution in [1.82, 2.24) is 4.57 Å².